The Bertz CT molecular complexity index is 227. The van der Waals surface area contributed by atoms with Gasteiger partial charge in [0.1, 0.15) is 0 Å². The predicted octanol–water partition coefficient (Wildman–Crippen LogP) is 9.25. The summed E-state index contributed by atoms with van der Waals surface area (Å²) in [4.78, 5) is 2.38. The van der Waals surface area contributed by atoms with Crippen LogP contribution in [0.5, 0.6) is 0 Å². The second-order valence-electron chi connectivity index (χ2n) is 8.75. The highest BCUT2D eigenvalue weighted by Gasteiger charge is 1.96. The Labute approximate surface area is 175 Å². The Morgan fingerprint density at radius 2 is 0.741 bits per heavy atom. The minimum absolute atomic E-state index is 0.900. The summed E-state index contributed by atoms with van der Waals surface area (Å²) in [6.07, 6.45) is 23.5. The first-order valence-corrected chi connectivity index (χ1v) is 12.8. The first-order chi connectivity index (χ1) is 13.1. The lowest BCUT2D eigenvalue weighted by molar-refractivity contribution is 0.321. The van der Waals surface area contributed by atoms with Gasteiger partial charge in [-0.2, -0.15) is 0 Å². The van der Waals surface area contributed by atoms with Crippen LogP contribution in [0.1, 0.15) is 144 Å². The van der Waals surface area contributed by atoms with E-state index >= 15 is 0 Å². The molecule has 0 radical (unpaired) electrons. The SMILES string of the molecule is CCCCCCCCCCCCCCCCCC(C)C.CCN(CC)CC. The number of unbranched alkanes of at least 4 members (excludes halogenated alkanes) is 14. The molecule has 0 spiro atoms. The third-order valence-corrected chi connectivity index (χ3v) is 5.73. The maximum atomic E-state index is 2.38. The largest absolute Gasteiger partial charge is 0.304 e. The monoisotopic (exact) mass is 383 g/mol. The number of rotatable bonds is 19. The van der Waals surface area contributed by atoms with Gasteiger partial charge in [-0.15, -0.1) is 0 Å². The third kappa shape index (κ3) is 28.3. The zero-order valence-electron chi connectivity index (χ0n) is 20.5. The molecular formula is C26H57N. The van der Waals surface area contributed by atoms with Crippen LogP contribution in [0.4, 0.5) is 0 Å². The van der Waals surface area contributed by atoms with Gasteiger partial charge in [-0.3, -0.25) is 0 Å². The van der Waals surface area contributed by atoms with Crippen molar-refractivity contribution in [3.63, 3.8) is 0 Å². The van der Waals surface area contributed by atoms with Gasteiger partial charge in [0.15, 0.2) is 0 Å². The lowest BCUT2D eigenvalue weighted by Crippen LogP contribution is -2.21. The van der Waals surface area contributed by atoms with Gasteiger partial charge in [-0.05, 0) is 25.6 Å². The van der Waals surface area contributed by atoms with Crippen LogP contribution >= 0.6 is 0 Å². The fourth-order valence-electron chi connectivity index (χ4n) is 3.59. The van der Waals surface area contributed by atoms with Crippen LogP contribution in [0.2, 0.25) is 0 Å². The van der Waals surface area contributed by atoms with Crippen LogP contribution in [-0.2, 0) is 0 Å². The predicted molar refractivity (Wildman–Crippen MR) is 128 cm³/mol. The summed E-state index contributed by atoms with van der Waals surface area (Å²) in [5.74, 6) is 0.900. The van der Waals surface area contributed by atoms with Gasteiger partial charge >= 0.3 is 0 Å². The molecule has 0 N–H and O–H groups in total. The van der Waals surface area contributed by atoms with E-state index in [-0.39, 0.29) is 0 Å². The van der Waals surface area contributed by atoms with E-state index in [0.717, 1.165) is 5.92 Å². The van der Waals surface area contributed by atoms with E-state index in [1.165, 1.54) is 122 Å². The van der Waals surface area contributed by atoms with Gasteiger partial charge in [0.05, 0.1) is 0 Å². The standard InChI is InChI=1S/C20H42.C6H15N/c1-4-5-6-7-8-9-10-11-12-13-14-15-16-17-18-19-20(2)3;1-4-7(5-2)6-3/h20H,4-19H2,1-3H3;4-6H2,1-3H3. The van der Waals surface area contributed by atoms with Crippen molar-refractivity contribution >= 4 is 0 Å². The molecule has 0 amide bonds. The maximum absolute atomic E-state index is 2.38. The lowest BCUT2D eigenvalue weighted by Gasteiger charge is -2.13. The minimum atomic E-state index is 0.900. The van der Waals surface area contributed by atoms with Crippen LogP contribution < -0.4 is 0 Å². The number of hydrogen-bond donors (Lipinski definition) is 0. The molecule has 27 heavy (non-hydrogen) atoms. The molecule has 1 nitrogen and oxygen atoms in total. The van der Waals surface area contributed by atoms with Gasteiger partial charge < -0.3 is 4.90 Å². The quantitative estimate of drug-likeness (QED) is 0.201. The highest BCUT2D eigenvalue weighted by molar-refractivity contribution is 4.51. The van der Waals surface area contributed by atoms with Gasteiger partial charge in [0.25, 0.3) is 0 Å². The molecule has 0 aliphatic heterocycles. The minimum Gasteiger partial charge on any atom is -0.304 e. The van der Waals surface area contributed by atoms with Gasteiger partial charge in [-0.25, -0.2) is 0 Å². The normalized spacial score (nSPS) is 11.1. The molecule has 0 heterocycles. The van der Waals surface area contributed by atoms with Crippen molar-refractivity contribution in [1.29, 1.82) is 0 Å². The highest BCUT2D eigenvalue weighted by atomic mass is 15.1. The molecule has 0 unspecified atom stereocenters. The van der Waals surface area contributed by atoms with E-state index in [4.69, 9.17) is 0 Å². The molecule has 0 aromatic carbocycles. The summed E-state index contributed by atoms with van der Waals surface area (Å²) in [6.45, 7) is 17.1. The molecular weight excluding hydrogens is 326 g/mol. The van der Waals surface area contributed by atoms with Crippen molar-refractivity contribution < 1.29 is 0 Å². The maximum Gasteiger partial charge on any atom is -0.00474 e. The molecule has 0 rings (SSSR count). The second kappa shape index (κ2) is 26.0. The molecule has 0 atom stereocenters. The Morgan fingerprint density at radius 3 is 0.963 bits per heavy atom. The van der Waals surface area contributed by atoms with Crippen molar-refractivity contribution in [2.75, 3.05) is 19.6 Å². The molecule has 0 fully saturated rings. The molecule has 0 aliphatic rings. The molecule has 0 saturated heterocycles. The van der Waals surface area contributed by atoms with E-state index in [1.807, 2.05) is 0 Å². The second-order valence-corrected chi connectivity index (χ2v) is 8.75. The zero-order chi connectivity index (χ0) is 20.6. The molecule has 166 valence electrons. The van der Waals surface area contributed by atoms with Crippen molar-refractivity contribution in [1.82, 2.24) is 4.90 Å². The van der Waals surface area contributed by atoms with Crippen molar-refractivity contribution in [3.05, 3.63) is 0 Å². The molecule has 0 aliphatic carbocycles. The first-order valence-electron chi connectivity index (χ1n) is 12.8. The van der Waals surface area contributed by atoms with E-state index in [0.29, 0.717) is 0 Å². The van der Waals surface area contributed by atoms with Crippen LogP contribution in [0.15, 0.2) is 0 Å². The van der Waals surface area contributed by atoms with Gasteiger partial charge in [-0.1, -0.05) is 144 Å². The van der Waals surface area contributed by atoms with Crippen molar-refractivity contribution in [2.24, 2.45) is 5.92 Å². The molecule has 0 aromatic rings. The van der Waals surface area contributed by atoms with Crippen LogP contribution in [0.25, 0.3) is 0 Å². The molecule has 0 aromatic heterocycles. The van der Waals surface area contributed by atoms with Crippen LogP contribution in [0.3, 0.4) is 0 Å². The average molecular weight is 384 g/mol. The number of nitrogens with zero attached hydrogens (tertiary/aromatic N) is 1. The van der Waals surface area contributed by atoms with E-state index in [9.17, 15) is 0 Å². The Morgan fingerprint density at radius 1 is 0.444 bits per heavy atom. The van der Waals surface area contributed by atoms with Gasteiger partial charge in [0, 0.05) is 0 Å². The Balaban J connectivity index is 0. The molecule has 0 bridgehead atoms. The summed E-state index contributed by atoms with van der Waals surface area (Å²) >= 11 is 0. The average Bonchev–Trinajstić information content (AvgIpc) is 2.66. The van der Waals surface area contributed by atoms with Crippen LogP contribution in [0, 0.1) is 5.92 Å². The van der Waals surface area contributed by atoms with Crippen molar-refractivity contribution in [3.8, 4) is 0 Å². The number of hydrogen-bond acceptors (Lipinski definition) is 1. The van der Waals surface area contributed by atoms with E-state index in [2.05, 4.69) is 46.4 Å². The lowest BCUT2D eigenvalue weighted by atomic mass is 10.0. The van der Waals surface area contributed by atoms with E-state index < -0.39 is 0 Å². The van der Waals surface area contributed by atoms with Gasteiger partial charge in [0.2, 0.25) is 0 Å². The highest BCUT2D eigenvalue weighted by Crippen LogP contribution is 2.14. The van der Waals surface area contributed by atoms with Crippen LogP contribution in [-0.4, -0.2) is 24.5 Å². The summed E-state index contributed by atoms with van der Waals surface area (Å²) < 4.78 is 0. The summed E-state index contributed by atoms with van der Waals surface area (Å²) in [7, 11) is 0. The Hall–Kier alpha value is -0.0400. The van der Waals surface area contributed by atoms with Crippen molar-refractivity contribution in [2.45, 2.75) is 144 Å². The Kier molecular flexibility index (Phi) is 28.0. The smallest absolute Gasteiger partial charge is 0.00474 e. The molecule has 0 saturated carbocycles. The first kappa shape index (κ1) is 29.2. The van der Waals surface area contributed by atoms with E-state index in [1.54, 1.807) is 0 Å². The summed E-state index contributed by atoms with van der Waals surface area (Å²) in [5, 5.41) is 0. The third-order valence-electron chi connectivity index (χ3n) is 5.73. The molecule has 1 heteroatoms. The fraction of sp³-hybridized carbons (Fsp3) is 1.00. The topological polar surface area (TPSA) is 3.24 Å². The zero-order valence-corrected chi connectivity index (χ0v) is 20.5. The summed E-state index contributed by atoms with van der Waals surface area (Å²) in [6, 6.07) is 0. The summed E-state index contributed by atoms with van der Waals surface area (Å²) in [5.41, 5.74) is 0. The fourth-order valence-corrected chi connectivity index (χ4v) is 3.59.